The monoisotopic (exact) mass is 254 g/mol. The molecule has 18 heavy (non-hydrogen) atoms. The van der Waals surface area contributed by atoms with Crippen LogP contribution in [0.5, 0.6) is 0 Å². The Hall–Kier alpha value is -1.43. The van der Waals surface area contributed by atoms with E-state index in [-0.39, 0.29) is 36.9 Å². The molecule has 2 fully saturated rings. The predicted octanol–water partition coefficient (Wildman–Crippen LogP) is 0.0713. The fraction of sp³-hybridized carbons (Fsp3) is 0.750. The van der Waals surface area contributed by atoms with Gasteiger partial charge in [-0.05, 0) is 26.7 Å². The van der Waals surface area contributed by atoms with E-state index in [1.54, 1.807) is 18.7 Å². The first kappa shape index (κ1) is 13.0. The van der Waals surface area contributed by atoms with Gasteiger partial charge in [0.25, 0.3) is 0 Å². The highest BCUT2D eigenvalue weighted by molar-refractivity contribution is 6.06. The van der Waals surface area contributed by atoms with Gasteiger partial charge in [0, 0.05) is 12.1 Å². The maximum atomic E-state index is 12.2. The number of nitrogens with zero attached hydrogens (tertiary/aromatic N) is 2. The van der Waals surface area contributed by atoms with Crippen molar-refractivity contribution in [2.75, 3.05) is 6.54 Å². The molecule has 1 aliphatic heterocycles. The van der Waals surface area contributed by atoms with Gasteiger partial charge in [-0.2, -0.15) is 0 Å². The van der Waals surface area contributed by atoms with Crippen LogP contribution >= 0.6 is 0 Å². The Morgan fingerprint density at radius 3 is 2.44 bits per heavy atom. The second-order valence-corrected chi connectivity index (χ2v) is 5.21. The van der Waals surface area contributed by atoms with E-state index in [1.165, 1.54) is 4.90 Å². The topological polar surface area (TPSA) is 77.9 Å². The molecule has 0 aromatic carbocycles. The van der Waals surface area contributed by atoms with E-state index >= 15 is 0 Å². The summed E-state index contributed by atoms with van der Waals surface area (Å²) in [6.45, 7) is 3.41. The predicted molar refractivity (Wildman–Crippen MR) is 62.8 cm³/mol. The van der Waals surface area contributed by atoms with Crippen molar-refractivity contribution in [3.63, 3.8) is 0 Å². The minimum atomic E-state index is -0.954. The number of hydrogen-bond acceptors (Lipinski definition) is 4. The van der Waals surface area contributed by atoms with Crippen molar-refractivity contribution in [2.45, 2.75) is 51.2 Å². The third-order valence-electron chi connectivity index (χ3n) is 3.41. The van der Waals surface area contributed by atoms with Crippen LogP contribution < -0.4 is 0 Å². The lowest BCUT2D eigenvalue weighted by Crippen LogP contribution is -2.46. The number of amides is 2. The average molecular weight is 254 g/mol. The first-order chi connectivity index (χ1) is 8.41. The minimum absolute atomic E-state index is 0.112. The molecular formula is C12H18N2O4. The first-order valence-corrected chi connectivity index (χ1v) is 6.25. The van der Waals surface area contributed by atoms with E-state index in [0.29, 0.717) is 0 Å². The molecule has 1 atom stereocenters. The Morgan fingerprint density at radius 2 is 2.06 bits per heavy atom. The summed E-state index contributed by atoms with van der Waals surface area (Å²) in [4.78, 5) is 37.8. The number of aliphatic carboxylic acids is 1. The Morgan fingerprint density at radius 1 is 1.44 bits per heavy atom. The molecule has 2 amide bonds. The summed E-state index contributed by atoms with van der Waals surface area (Å²) in [6, 6.07) is -0.598. The van der Waals surface area contributed by atoms with Crippen LogP contribution in [0.4, 0.5) is 0 Å². The number of hydrogen-bond donors (Lipinski definition) is 1. The average Bonchev–Trinajstić information content (AvgIpc) is 3.01. The van der Waals surface area contributed by atoms with Crippen molar-refractivity contribution in [2.24, 2.45) is 0 Å². The molecule has 0 spiro atoms. The maximum Gasteiger partial charge on any atom is 0.317 e. The highest BCUT2D eigenvalue weighted by Crippen LogP contribution is 2.32. The largest absolute Gasteiger partial charge is 0.480 e. The third kappa shape index (κ3) is 2.38. The van der Waals surface area contributed by atoms with Crippen LogP contribution in [-0.4, -0.2) is 57.4 Å². The van der Waals surface area contributed by atoms with Crippen LogP contribution in [-0.2, 0) is 14.4 Å². The van der Waals surface area contributed by atoms with E-state index in [4.69, 9.17) is 5.11 Å². The summed E-state index contributed by atoms with van der Waals surface area (Å²) in [7, 11) is 0. The van der Waals surface area contributed by atoms with Crippen LogP contribution in [0.2, 0.25) is 0 Å². The Bertz CT molecular complexity index is 390. The lowest BCUT2D eigenvalue weighted by Gasteiger charge is -2.26. The van der Waals surface area contributed by atoms with Crippen molar-refractivity contribution >= 4 is 17.8 Å². The quantitative estimate of drug-likeness (QED) is 0.702. The highest BCUT2D eigenvalue weighted by Gasteiger charge is 2.47. The summed E-state index contributed by atoms with van der Waals surface area (Å²) >= 11 is 0. The number of carbonyl (C=O) groups excluding carboxylic acids is 2. The van der Waals surface area contributed by atoms with Crippen LogP contribution in [0.1, 0.15) is 33.1 Å². The molecule has 1 N–H and O–H groups in total. The second kappa shape index (κ2) is 4.68. The fourth-order valence-electron chi connectivity index (χ4n) is 2.49. The van der Waals surface area contributed by atoms with Gasteiger partial charge in [0.05, 0.1) is 19.0 Å². The standard InChI is InChI=1S/C12H18N2O4/c1-7(2)14-10(15)5-9(12(14)18)13(6-11(16)17)8-3-4-8/h7-9H,3-6H2,1-2H3,(H,16,17). The zero-order valence-electron chi connectivity index (χ0n) is 10.6. The van der Waals surface area contributed by atoms with Gasteiger partial charge in [-0.25, -0.2) is 0 Å². The van der Waals surface area contributed by atoms with Gasteiger partial charge in [0.15, 0.2) is 0 Å². The van der Waals surface area contributed by atoms with E-state index in [9.17, 15) is 14.4 Å². The summed E-state index contributed by atoms with van der Waals surface area (Å²) < 4.78 is 0. The molecule has 1 saturated heterocycles. The third-order valence-corrected chi connectivity index (χ3v) is 3.41. The van der Waals surface area contributed by atoms with Gasteiger partial charge in [0.1, 0.15) is 0 Å². The van der Waals surface area contributed by atoms with Gasteiger partial charge < -0.3 is 5.11 Å². The first-order valence-electron chi connectivity index (χ1n) is 6.25. The molecule has 1 saturated carbocycles. The van der Waals surface area contributed by atoms with Gasteiger partial charge in [0.2, 0.25) is 11.8 Å². The van der Waals surface area contributed by atoms with Crippen molar-refractivity contribution < 1.29 is 19.5 Å². The molecule has 0 aromatic heterocycles. The molecule has 1 aliphatic carbocycles. The zero-order valence-corrected chi connectivity index (χ0v) is 10.6. The maximum absolute atomic E-state index is 12.2. The van der Waals surface area contributed by atoms with E-state index < -0.39 is 12.0 Å². The molecule has 6 heteroatoms. The number of carbonyl (C=O) groups is 3. The van der Waals surface area contributed by atoms with Crippen LogP contribution in [0, 0.1) is 0 Å². The number of carboxylic acids is 1. The molecule has 6 nitrogen and oxygen atoms in total. The molecular weight excluding hydrogens is 236 g/mol. The second-order valence-electron chi connectivity index (χ2n) is 5.21. The van der Waals surface area contributed by atoms with Crippen molar-refractivity contribution in [1.82, 2.24) is 9.80 Å². The lowest BCUT2D eigenvalue weighted by atomic mass is 10.2. The van der Waals surface area contributed by atoms with Gasteiger partial charge in [-0.15, -0.1) is 0 Å². The molecule has 100 valence electrons. The smallest absolute Gasteiger partial charge is 0.317 e. The molecule has 1 unspecified atom stereocenters. The van der Waals surface area contributed by atoms with Crippen molar-refractivity contribution in [3.05, 3.63) is 0 Å². The van der Waals surface area contributed by atoms with Crippen molar-refractivity contribution in [3.8, 4) is 0 Å². The molecule has 0 bridgehead atoms. The van der Waals surface area contributed by atoms with Crippen molar-refractivity contribution in [1.29, 1.82) is 0 Å². The SMILES string of the molecule is CC(C)N1C(=O)CC(N(CC(=O)O)C2CC2)C1=O. The Kier molecular flexibility index (Phi) is 3.38. The zero-order chi connectivity index (χ0) is 13.4. The van der Waals surface area contributed by atoms with Gasteiger partial charge in [-0.3, -0.25) is 24.2 Å². The molecule has 0 aromatic rings. The summed E-state index contributed by atoms with van der Waals surface area (Å²) in [5.74, 6) is -1.40. The number of imide groups is 1. The lowest BCUT2D eigenvalue weighted by molar-refractivity contribution is -0.142. The minimum Gasteiger partial charge on any atom is -0.480 e. The van der Waals surface area contributed by atoms with Gasteiger partial charge in [-0.1, -0.05) is 0 Å². The van der Waals surface area contributed by atoms with Gasteiger partial charge >= 0.3 is 5.97 Å². The summed E-state index contributed by atoms with van der Waals surface area (Å²) in [5.41, 5.74) is 0. The number of carboxylic acid groups (broad SMARTS) is 1. The summed E-state index contributed by atoms with van der Waals surface area (Å²) in [6.07, 6.45) is 1.93. The van der Waals surface area contributed by atoms with E-state index in [0.717, 1.165) is 12.8 Å². The molecule has 2 aliphatic rings. The number of likely N-dealkylation sites (tertiary alicyclic amines) is 1. The highest BCUT2D eigenvalue weighted by atomic mass is 16.4. The fourth-order valence-corrected chi connectivity index (χ4v) is 2.49. The van der Waals surface area contributed by atoms with E-state index in [2.05, 4.69) is 0 Å². The Balaban J connectivity index is 2.14. The normalized spacial score (nSPS) is 24.4. The van der Waals surface area contributed by atoms with E-state index in [1.807, 2.05) is 0 Å². The molecule has 1 heterocycles. The Labute approximate surface area is 106 Å². The van der Waals surface area contributed by atoms with Crippen LogP contribution in [0.25, 0.3) is 0 Å². The van der Waals surface area contributed by atoms with Crippen LogP contribution in [0.3, 0.4) is 0 Å². The molecule has 2 rings (SSSR count). The van der Waals surface area contributed by atoms with Crippen LogP contribution in [0.15, 0.2) is 0 Å². The molecule has 0 radical (unpaired) electrons. The summed E-state index contributed by atoms with van der Waals surface area (Å²) in [5, 5.41) is 8.90. The number of rotatable bonds is 5.